The van der Waals surface area contributed by atoms with Crippen molar-refractivity contribution < 1.29 is 4.79 Å². The molecule has 1 amide bonds. The lowest BCUT2D eigenvalue weighted by atomic mass is 9.75. The average molecular weight is 266 g/mol. The van der Waals surface area contributed by atoms with E-state index in [9.17, 15) is 4.79 Å². The van der Waals surface area contributed by atoms with Crippen molar-refractivity contribution in [2.24, 2.45) is 11.3 Å². The van der Waals surface area contributed by atoms with E-state index in [0.717, 1.165) is 19.5 Å². The molecule has 0 spiro atoms. The summed E-state index contributed by atoms with van der Waals surface area (Å²) < 4.78 is 0. The Morgan fingerprint density at radius 3 is 2.78 bits per heavy atom. The maximum atomic E-state index is 12.6. The van der Waals surface area contributed by atoms with Gasteiger partial charge in [0.05, 0.1) is 11.5 Å². The van der Waals surface area contributed by atoms with Gasteiger partial charge in [0.25, 0.3) is 0 Å². The van der Waals surface area contributed by atoms with E-state index in [2.05, 4.69) is 42.9 Å². The smallest absolute Gasteiger partial charge is 0.228 e. The number of thiophene rings is 1. The second-order valence-electron chi connectivity index (χ2n) is 5.49. The standard InChI is InChI=1S/C14H22N2OS/c1-10(2)14(5-6-15-9-14)13(17)16-11(3)12-4-7-18-8-12/h4,7-8,10-11,15H,5-6,9H2,1-3H3,(H,16,17). The monoisotopic (exact) mass is 266 g/mol. The summed E-state index contributed by atoms with van der Waals surface area (Å²) >= 11 is 1.67. The third kappa shape index (κ3) is 2.45. The summed E-state index contributed by atoms with van der Waals surface area (Å²) in [5, 5.41) is 10.6. The molecule has 1 aliphatic heterocycles. The fourth-order valence-electron chi connectivity index (χ4n) is 2.61. The Balaban J connectivity index is 2.06. The first-order chi connectivity index (χ1) is 8.56. The minimum absolute atomic E-state index is 0.0972. The predicted octanol–water partition coefficient (Wildman–Crippen LogP) is 2.56. The maximum absolute atomic E-state index is 12.6. The van der Waals surface area contributed by atoms with Crippen molar-refractivity contribution in [3.63, 3.8) is 0 Å². The molecule has 1 aromatic rings. The fraction of sp³-hybridized carbons (Fsp3) is 0.643. The van der Waals surface area contributed by atoms with E-state index in [-0.39, 0.29) is 17.4 Å². The lowest BCUT2D eigenvalue weighted by molar-refractivity contribution is -0.133. The zero-order valence-corrected chi connectivity index (χ0v) is 12.1. The molecule has 2 unspecified atom stereocenters. The molecule has 100 valence electrons. The van der Waals surface area contributed by atoms with E-state index < -0.39 is 0 Å². The van der Waals surface area contributed by atoms with Crippen LogP contribution in [-0.2, 0) is 4.79 Å². The van der Waals surface area contributed by atoms with Crippen LogP contribution in [0.4, 0.5) is 0 Å². The molecule has 2 atom stereocenters. The van der Waals surface area contributed by atoms with E-state index in [4.69, 9.17) is 0 Å². The van der Waals surface area contributed by atoms with E-state index in [1.54, 1.807) is 11.3 Å². The molecule has 2 N–H and O–H groups in total. The summed E-state index contributed by atoms with van der Waals surface area (Å²) in [6.07, 6.45) is 0.937. The van der Waals surface area contributed by atoms with Crippen LogP contribution < -0.4 is 10.6 Å². The molecular formula is C14H22N2OS. The first-order valence-corrected chi connectivity index (χ1v) is 7.54. The second-order valence-corrected chi connectivity index (χ2v) is 6.27. The Bertz CT molecular complexity index is 394. The largest absolute Gasteiger partial charge is 0.349 e. The van der Waals surface area contributed by atoms with Gasteiger partial charge in [-0.3, -0.25) is 4.79 Å². The number of amides is 1. The van der Waals surface area contributed by atoms with Gasteiger partial charge in [0.2, 0.25) is 5.91 Å². The fourth-order valence-corrected chi connectivity index (χ4v) is 3.36. The van der Waals surface area contributed by atoms with Crippen molar-refractivity contribution in [2.75, 3.05) is 13.1 Å². The van der Waals surface area contributed by atoms with Crippen molar-refractivity contribution in [1.29, 1.82) is 0 Å². The zero-order valence-electron chi connectivity index (χ0n) is 11.3. The lowest BCUT2D eigenvalue weighted by Crippen LogP contribution is -2.46. The van der Waals surface area contributed by atoms with Crippen molar-refractivity contribution in [3.05, 3.63) is 22.4 Å². The maximum Gasteiger partial charge on any atom is 0.228 e. The summed E-state index contributed by atoms with van der Waals surface area (Å²) in [5.74, 6) is 0.559. The molecular weight excluding hydrogens is 244 g/mol. The van der Waals surface area contributed by atoms with Crippen LogP contribution in [0.15, 0.2) is 16.8 Å². The highest BCUT2D eigenvalue weighted by Crippen LogP contribution is 2.35. The number of hydrogen-bond acceptors (Lipinski definition) is 3. The predicted molar refractivity (Wildman–Crippen MR) is 75.6 cm³/mol. The molecule has 1 aromatic heterocycles. The molecule has 2 heterocycles. The van der Waals surface area contributed by atoms with Crippen LogP contribution in [0, 0.1) is 11.3 Å². The lowest BCUT2D eigenvalue weighted by Gasteiger charge is -2.32. The van der Waals surface area contributed by atoms with Crippen LogP contribution in [0.1, 0.15) is 38.8 Å². The molecule has 1 aliphatic rings. The highest BCUT2D eigenvalue weighted by molar-refractivity contribution is 7.07. The molecule has 0 radical (unpaired) electrons. The van der Waals surface area contributed by atoms with Crippen LogP contribution in [-0.4, -0.2) is 19.0 Å². The summed E-state index contributed by atoms with van der Waals surface area (Å²) in [7, 11) is 0. The number of carbonyl (C=O) groups is 1. The van der Waals surface area contributed by atoms with Gasteiger partial charge in [-0.05, 0) is 48.2 Å². The number of nitrogens with one attached hydrogen (secondary N) is 2. The zero-order chi connectivity index (χ0) is 13.2. The van der Waals surface area contributed by atoms with E-state index in [0.29, 0.717) is 5.92 Å². The highest BCUT2D eigenvalue weighted by atomic mass is 32.1. The van der Waals surface area contributed by atoms with Gasteiger partial charge in [-0.25, -0.2) is 0 Å². The van der Waals surface area contributed by atoms with Gasteiger partial charge in [0.1, 0.15) is 0 Å². The molecule has 0 bridgehead atoms. The molecule has 0 aliphatic carbocycles. The minimum atomic E-state index is -0.232. The topological polar surface area (TPSA) is 41.1 Å². The quantitative estimate of drug-likeness (QED) is 0.879. The summed E-state index contributed by atoms with van der Waals surface area (Å²) in [4.78, 5) is 12.6. The highest BCUT2D eigenvalue weighted by Gasteiger charge is 2.44. The summed E-state index contributed by atoms with van der Waals surface area (Å²) in [6, 6.07) is 2.17. The first kappa shape index (κ1) is 13.6. The van der Waals surface area contributed by atoms with Gasteiger partial charge in [-0.15, -0.1) is 0 Å². The third-order valence-corrected chi connectivity index (χ3v) is 4.84. The van der Waals surface area contributed by atoms with Gasteiger partial charge < -0.3 is 10.6 Å². The summed E-state index contributed by atoms with van der Waals surface area (Å²) in [5.41, 5.74) is 0.961. The van der Waals surface area contributed by atoms with Gasteiger partial charge in [0.15, 0.2) is 0 Å². The van der Waals surface area contributed by atoms with Gasteiger partial charge in [-0.1, -0.05) is 13.8 Å². The molecule has 18 heavy (non-hydrogen) atoms. The van der Waals surface area contributed by atoms with Crippen LogP contribution in [0.3, 0.4) is 0 Å². The normalized spacial score (nSPS) is 25.3. The molecule has 2 rings (SSSR count). The van der Waals surface area contributed by atoms with Crippen LogP contribution in [0.25, 0.3) is 0 Å². The molecule has 1 saturated heterocycles. The van der Waals surface area contributed by atoms with Crippen molar-refractivity contribution in [1.82, 2.24) is 10.6 Å². The Labute approximate surface area is 113 Å². The van der Waals surface area contributed by atoms with Crippen LogP contribution in [0.5, 0.6) is 0 Å². The second kappa shape index (κ2) is 5.41. The van der Waals surface area contributed by atoms with Gasteiger partial charge in [0, 0.05) is 6.54 Å². The Morgan fingerprint density at radius 2 is 2.28 bits per heavy atom. The molecule has 3 nitrogen and oxygen atoms in total. The molecule has 1 fully saturated rings. The third-order valence-electron chi connectivity index (χ3n) is 4.14. The number of hydrogen-bond donors (Lipinski definition) is 2. The number of rotatable bonds is 4. The minimum Gasteiger partial charge on any atom is -0.349 e. The van der Waals surface area contributed by atoms with Crippen molar-refractivity contribution in [2.45, 2.75) is 33.2 Å². The van der Waals surface area contributed by atoms with E-state index in [1.165, 1.54) is 5.56 Å². The molecule has 0 saturated carbocycles. The van der Waals surface area contributed by atoms with Crippen LogP contribution in [0.2, 0.25) is 0 Å². The molecule has 0 aromatic carbocycles. The molecule has 4 heteroatoms. The Kier molecular flexibility index (Phi) is 4.07. The van der Waals surface area contributed by atoms with Crippen LogP contribution >= 0.6 is 11.3 Å². The summed E-state index contributed by atoms with van der Waals surface area (Å²) in [6.45, 7) is 8.07. The first-order valence-electron chi connectivity index (χ1n) is 6.60. The van der Waals surface area contributed by atoms with E-state index in [1.807, 2.05) is 5.38 Å². The van der Waals surface area contributed by atoms with Crippen molar-refractivity contribution >= 4 is 17.2 Å². The van der Waals surface area contributed by atoms with Gasteiger partial charge >= 0.3 is 0 Å². The number of carbonyl (C=O) groups excluding carboxylic acids is 1. The van der Waals surface area contributed by atoms with E-state index >= 15 is 0 Å². The Hall–Kier alpha value is -0.870. The SMILES string of the molecule is CC(NC(=O)C1(C(C)C)CCNC1)c1ccsc1. The van der Waals surface area contributed by atoms with Gasteiger partial charge in [-0.2, -0.15) is 11.3 Å². The Morgan fingerprint density at radius 1 is 1.50 bits per heavy atom. The van der Waals surface area contributed by atoms with Crippen molar-refractivity contribution in [3.8, 4) is 0 Å². The average Bonchev–Trinajstić information content (AvgIpc) is 3.01.